The molecule has 0 radical (unpaired) electrons. The summed E-state index contributed by atoms with van der Waals surface area (Å²) in [6.07, 6.45) is 5.67. The summed E-state index contributed by atoms with van der Waals surface area (Å²) in [5.41, 5.74) is 0.967. The predicted molar refractivity (Wildman–Crippen MR) is 109 cm³/mol. The van der Waals surface area contributed by atoms with Crippen LogP contribution in [0.4, 0.5) is 0 Å². The van der Waals surface area contributed by atoms with Crippen molar-refractivity contribution in [3.63, 3.8) is 0 Å². The standard InChI is InChI=1S/C20H34N6O2/c1-3-17-14-18(28-23-17)15-22-20(21-2)26-12-10-24(11-13-26)16-19(27)25-8-6-4-5-7-9-25/h14H,3-13,15-16H2,1-2H3,(H,21,22). The van der Waals surface area contributed by atoms with E-state index in [1.165, 1.54) is 12.8 Å². The first-order valence-electron chi connectivity index (χ1n) is 10.6. The molecule has 156 valence electrons. The van der Waals surface area contributed by atoms with Gasteiger partial charge in [0.15, 0.2) is 11.7 Å². The maximum Gasteiger partial charge on any atom is 0.236 e. The molecule has 2 aliphatic rings. The second-order valence-electron chi connectivity index (χ2n) is 7.60. The lowest BCUT2D eigenvalue weighted by Gasteiger charge is -2.36. The lowest BCUT2D eigenvalue weighted by Crippen LogP contribution is -2.54. The van der Waals surface area contributed by atoms with Crippen LogP contribution in [0.3, 0.4) is 0 Å². The minimum atomic E-state index is 0.287. The average molecular weight is 391 g/mol. The van der Waals surface area contributed by atoms with Gasteiger partial charge >= 0.3 is 0 Å². The first-order valence-corrected chi connectivity index (χ1v) is 10.6. The quantitative estimate of drug-likeness (QED) is 0.604. The summed E-state index contributed by atoms with van der Waals surface area (Å²) in [6.45, 7) is 8.52. The Morgan fingerprint density at radius 3 is 2.43 bits per heavy atom. The molecular weight excluding hydrogens is 356 g/mol. The summed E-state index contributed by atoms with van der Waals surface area (Å²) in [4.78, 5) is 23.6. The van der Waals surface area contributed by atoms with Gasteiger partial charge in [-0.15, -0.1) is 0 Å². The van der Waals surface area contributed by atoms with Gasteiger partial charge in [-0.1, -0.05) is 24.9 Å². The van der Waals surface area contributed by atoms with E-state index in [4.69, 9.17) is 4.52 Å². The number of nitrogens with zero attached hydrogens (tertiary/aromatic N) is 5. The molecule has 3 heterocycles. The van der Waals surface area contributed by atoms with Gasteiger partial charge in [-0.2, -0.15) is 0 Å². The van der Waals surface area contributed by atoms with Gasteiger partial charge < -0.3 is 19.6 Å². The van der Waals surface area contributed by atoms with E-state index in [0.29, 0.717) is 13.1 Å². The van der Waals surface area contributed by atoms with Crippen LogP contribution >= 0.6 is 0 Å². The molecule has 0 atom stereocenters. The molecule has 0 unspecified atom stereocenters. The highest BCUT2D eigenvalue weighted by molar-refractivity contribution is 5.80. The molecule has 8 nitrogen and oxygen atoms in total. The van der Waals surface area contributed by atoms with Gasteiger partial charge in [-0.3, -0.25) is 14.7 Å². The number of nitrogens with one attached hydrogen (secondary N) is 1. The van der Waals surface area contributed by atoms with Crippen molar-refractivity contribution in [3.05, 3.63) is 17.5 Å². The monoisotopic (exact) mass is 390 g/mol. The van der Waals surface area contributed by atoms with Crippen molar-refractivity contribution in [2.45, 2.75) is 45.6 Å². The third-order valence-corrected chi connectivity index (χ3v) is 5.59. The number of likely N-dealkylation sites (tertiary alicyclic amines) is 1. The Bertz CT molecular complexity index is 643. The SMILES string of the molecule is CCc1cc(CNC(=NC)N2CCN(CC(=O)N3CCCCCC3)CC2)on1. The van der Waals surface area contributed by atoms with Crippen LogP contribution in [0.5, 0.6) is 0 Å². The van der Waals surface area contributed by atoms with Gasteiger partial charge in [0.25, 0.3) is 0 Å². The smallest absolute Gasteiger partial charge is 0.236 e. The van der Waals surface area contributed by atoms with E-state index in [0.717, 1.165) is 75.9 Å². The molecule has 2 aliphatic heterocycles. The second-order valence-corrected chi connectivity index (χ2v) is 7.60. The van der Waals surface area contributed by atoms with Gasteiger partial charge in [0.2, 0.25) is 5.91 Å². The van der Waals surface area contributed by atoms with Crippen LogP contribution in [-0.4, -0.2) is 84.6 Å². The Morgan fingerprint density at radius 2 is 1.82 bits per heavy atom. The fraction of sp³-hybridized carbons (Fsp3) is 0.750. The van der Waals surface area contributed by atoms with Gasteiger partial charge in [-0.25, -0.2) is 0 Å². The molecule has 0 saturated carbocycles. The lowest BCUT2D eigenvalue weighted by molar-refractivity contribution is -0.132. The zero-order valence-corrected chi connectivity index (χ0v) is 17.3. The van der Waals surface area contributed by atoms with Crippen molar-refractivity contribution in [1.29, 1.82) is 0 Å². The Labute approximate surface area is 167 Å². The molecule has 1 aromatic heterocycles. The summed E-state index contributed by atoms with van der Waals surface area (Å²) in [5, 5.41) is 7.38. The van der Waals surface area contributed by atoms with E-state index in [9.17, 15) is 4.79 Å². The molecule has 0 spiro atoms. The zero-order valence-electron chi connectivity index (χ0n) is 17.3. The van der Waals surface area contributed by atoms with Crippen molar-refractivity contribution in [2.75, 3.05) is 52.9 Å². The number of carbonyl (C=O) groups excluding carboxylic acids is 1. The third kappa shape index (κ3) is 5.70. The summed E-state index contributed by atoms with van der Waals surface area (Å²) < 4.78 is 5.33. The average Bonchev–Trinajstić information content (AvgIpc) is 3.01. The molecule has 1 N–H and O–H groups in total. The summed E-state index contributed by atoms with van der Waals surface area (Å²) in [6, 6.07) is 1.98. The number of hydrogen-bond donors (Lipinski definition) is 1. The summed E-state index contributed by atoms with van der Waals surface area (Å²) in [5.74, 6) is 1.97. The van der Waals surface area contributed by atoms with Crippen LogP contribution in [0, 0.1) is 0 Å². The van der Waals surface area contributed by atoms with E-state index in [2.05, 4.69) is 37.1 Å². The normalized spacial score (nSPS) is 19.6. The van der Waals surface area contributed by atoms with E-state index in [-0.39, 0.29) is 5.91 Å². The second kappa shape index (κ2) is 10.5. The van der Waals surface area contributed by atoms with Gasteiger partial charge in [0, 0.05) is 52.4 Å². The van der Waals surface area contributed by atoms with Crippen LogP contribution < -0.4 is 5.32 Å². The number of piperazine rings is 1. The molecule has 1 amide bonds. The first kappa shape index (κ1) is 20.6. The van der Waals surface area contributed by atoms with Crippen molar-refractivity contribution < 1.29 is 9.32 Å². The van der Waals surface area contributed by atoms with Crippen LogP contribution in [-0.2, 0) is 17.8 Å². The van der Waals surface area contributed by atoms with Gasteiger partial charge in [0.1, 0.15) is 0 Å². The predicted octanol–water partition coefficient (Wildman–Crippen LogP) is 1.33. The van der Waals surface area contributed by atoms with E-state index in [1.54, 1.807) is 7.05 Å². The minimum absolute atomic E-state index is 0.287. The lowest BCUT2D eigenvalue weighted by atomic mass is 10.2. The fourth-order valence-electron chi connectivity index (χ4n) is 3.83. The number of amides is 1. The molecular formula is C20H34N6O2. The number of hydrogen-bond acceptors (Lipinski definition) is 5. The zero-order chi connectivity index (χ0) is 19.8. The maximum atomic E-state index is 12.6. The number of aliphatic imine (C=N–C) groups is 1. The van der Waals surface area contributed by atoms with Crippen LogP contribution in [0.15, 0.2) is 15.6 Å². The third-order valence-electron chi connectivity index (χ3n) is 5.59. The maximum absolute atomic E-state index is 12.6. The van der Waals surface area contributed by atoms with E-state index < -0.39 is 0 Å². The van der Waals surface area contributed by atoms with Crippen molar-refractivity contribution in [1.82, 2.24) is 25.2 Å². The Balaban J connectivity index is 1.42. The minimum Gasteiger partial charge on any atom is -0.359 e. The molecule has 0 aromatic carbocycles. The van der Waals surface area contributed by atoms with Gasteiger partial charge in [-0.05, 0) is 19.3 Å². The van der Waals surface area contributed by atoms with Crippen LogP contribution in [0.25, 0.3) is 0 Å². The van der Waals surface area contributed by atoms with Crippen molar-refractivity contribution >= 4 is 11.9 Å². The molecule has 2 fully saturated rings. The number of guanidine groups is 1. The molecule has 0 aliphatic carbocycles. The molecule has 28 heavy (non-hydrogen) atoms. The number of aromatic nitrogens is 1. The number of carbonyl (C=O) groups is 1. The Morgan fingerprint density at radius 1 is 1.11 bits per heavy atom. The van der Waals surface area contributed by atoms with Gasteiger partial charge in [0.05, 0.1) is 18.8 Å². The van der Waals surface area contributed by atoms with E-state index in [1.807, 2.05) is 6.07 Å². The molecule has 2 saturated heterocycles. The summed E-state index contributed by atoms with van der Waals surface area (Å²) >= 11 is 0. The van der Waals surface area contributed by atoms with Crippen molar-refractivity contribution in [2.24, 2.45) is 4.99 Å². The first-order chi connectivity index (χ1) is 13.7. The highest BCUT2D eigenvalue weighted by Crippen LogP contribution is 2.11. The Kier molecular flexibility index (Phi) is 7.71. The topological polar surface area (TPSA) is 77.2 Å². The molecule has 8 heteroatoms. The van der Waals surface area contributed by atoms with Crippen LogP contribution in [0.1, 0.15) is 44.1 Å². The summed E-state index contributed by atoms with van der Waals surface area (Å²) in [7, 11) is 1.80. The molecule has 3 rings (SSSR count). The molecule has 0 bridgehead atoms. The number of rotatable bonds is 5. The Hall–Kier alpha value is -2.09. The molecule has 1 aromatic rings. The van der Waals surface area contributed by atoms with Crippen LogP contribution in [0.2, 0.25) is 0 Å². The highest BCUT2D eigenvalue weighted by Gasteiger charge is 2.23. The largest absolute Gasteiger partial charge is 0.359 e. The number of aryl methyl sites for hydroxylation is 1. The van der Waals surface area contributed by atoms with E-state index >= 15 is 0 Å². The fourth-order valence-corrected chi connectivity index (χ4v) is 3.83. The van der Waals surface area contributed by atoms with Crippen molar-refractivity contribution in [3.8, 4) is 0 Å². The highest BCUT2D eigenvalue weighted by atomic mass is 16.5.